The van der Waals surface area contributed by atoms with Crippen LogP contribution in [0.25, 0.3) is 0 Å². The van der Waals surface area contributed by atoms with Crippen LogP contribution in [0.1, 0.15) is 21.5 Å². The zero-order valence-corrected chi connectivity index (χ0v) is 10.4. The van der Waals surface area contributed by atoms with E-state index in [1.54, 1.807) is 6.08 Å². The lowest BCUT2D eigenvalue weighted by atomic mass is 10.0. The van der Waals surface area contributed by atoms with Gasteiger partial charge in [0.15, 0.2) is 6.29 Å². The van der Waals surface area contributed by atoms with Gasteiger partial charge in [-0.2, -0.15) is 13.2 Å². The van der Waals surface area contributed by atoms with Gasteiger partial charge in [0, 0.05) is 18.8 Å². The van der Waals surface area contributed by atoms with Gasteiger partial charge in [-0.05, 0) is 23.8 Å². The van der Waals surface area contributed by atoms with Crippen molar-refractivity contribution in [2.24, 2.45) is 4.99 Å². The van der Waals surface area contributed by atoms with Crippen LogP contribution in [0.4, 0.5) is 13.2 Å². The van der Waals surface area contributed by atoms with Gasteiger partial charge in [-0.3, -0.25) is 9.79 Å². The zero-order chi connectivity index (χ0) is 15.2. The van der Waals surface area contributed by atoms with Gasteiger partial charge in [0.1, 0.15) is 5.75 Å². The van der Waals surface area contributed by atoms with Crippen molar-refractivity contribution < 1.29 is 23.1 Å². The minimum atomic E-state index is -4.72. The molecular weight excluding hydrogens is 271 g/mol. The molecule has 1 aromatic carbocycles. The number of hydrogen-bond donors (Lipinski definition) is 1. The van der Waals surface area contributed by atoms with Gasteiger partial charge in [-0.15, -0.1) is 0 Å². The Hall–Kier alpha value is -2.37. The predicted octanol–water partition coefficient (Wildman–Crippen LogP) is 3.54. The lowest BCUT2D eigenvalue weighted by Gasteiger charge is -2.12. The minimum absolute atomic E-state index is 0.103. The largest absolute Gasteiger partial charge is 0.507 e. The summed E-state index contributed by atoms with van der Waals surface area (Å²) in [4.78, 5) is 14.5. The van der Waals surface area contributed by atoms with E-state index in [2.05, 4.69) is 11.6 Å². The number of carbonyl (C=O) groups is 1. The minimum Gasteiger partial charge on any atom is -0.507 e. The molecule has 0 saturated heterocycles. The number of aliphatic imine (C=N–C) groups is 1. The number of allylic oxidation sites excluding steroid dienone is 2. The molecular formula is C14H12F3NO2. The van der Waals surface area contributed by atoms with Crippen molar-refractivity contribution in [3.63, 3.8) is 0 Å². The van der Waals surface area contributed by atoms with Crippen LogP contribution in [0.3, 0.4) is 0 Å². The molecule has 1 rings (SSSR count). The molecule has 1 N–H and O–H groups in total. The summed E-state index contributed by atoms with van der Waals surface area (Å²) in [5, 5.41) is 9.38. The molecule has 0 aliphatic rings. The first-order valence-electron chi connectivity index (χ1n) is 5.57. The first-order valence-corrected chi connectivity index (χ1v) is 5.57. The zero-order valence-electron chi connectivity index (χ0n) is 10.4. The fraction of sp³-hybridized carbons (Fsp3) is 0.143. The fourth-order valence-corrected chi connectivity index (χ4v) is 1.47. The van der Waals surface area contributed by atoms with E-state index in [4.69, 9.17) is 0 Å². The Balaban J connectivity index is 3.09. The molecule has 0 atom stereocenters. The number of nitrogens with zero attached hydrogens (tertiary/aromatic N) is 1. The lowest BCUT2D eigenvalue weighted by Crippen LogP contribution is -2.08. The second kappa shape index (κ2) is 6.70. The number of aromatic hydroxyl groups is 1. The number of rotatable bonds is 5. The molecule has 0 aliphatic heterocycles. The Morgan fingerprint density at radius 1 is 1.35 bits per heavy atom. The number of hydrogen-bond acceptors (Lipinski definition) is 3. The monoisotopic (exact) mass is 283 g/mol. The van der Waals surface area contributed by atoms with Crippen molar-refractivity contribution in [2.75, 3.05) is 0 Å². The van der Waals surface area contributed by atoms with Gasteiger partial charge < -0.3 is 5.11 Å². The molecule has 0 spiro atoms. The number of halogens is 3. The van der Waals surface area contributed by atoms with Crippen LogP contribution in [0.15, 0.2) is 42.1 Å². The Bertz CT molecular complexity index is 560. The lowest BCUT2D eigenvalue weighted by molar-refractivity contribution is -0.138. The summed E-state index contributed by atoms with van der Waals surface area (Å²) in [6, 6.07) is 1.99. The summed E-state index contributed by atoms with van der Waals surface area (Å²) >= 11 is 0. The number of benzene rings is 1. The van der Waals surface area contributed by atoms with E-state index in [9.17, 15) is 23.1 Å². The van der Waals surface area contributed by atoms with Crippen LogP contribution < -0.4 is 0 Å². The van der Waals surface area contributed by atoms with Gasteiger partial charge in [-0.1, -0.05) is 12.7 Å². The summed E-state index contributed by atoms with van der Waals surface area (Å²) in [7, 11) is 0. The second-order valence-corrected chi connectivity index (χ2v) is 3.81. The molecule has 0 amide bonds. The Kier molecular flexibility index (Phi) is 5.25. The van der Waals surface area contributed by atoms with E-state index in [1.807, 2.05) is 0 Å². The Morgan fingerprint density at radius 2 is 2.05 bits per heavy atom. The molecule has 0 bridgehead atoms. The number of carbonyl (C=O) groups excluding carboxylic acids is 1. The van der Waals surface area contributed by atoms with Gasteiger partial charge >= 0.3 is 6.18 Å². The SMILES string of the molecule is C=C/C=C\N=C/Cc1cc(C=O)c(O)c(C(F)(F)F)c1. The molecule has 6 heteroatoms. The van der Waals surface area contributed by atoms with Crippen molar-refractivity contribution in [3.8, 4) is 5.75 Å². The number of aldehydes is 1. The molecule has 0 aromatic heterocycles. The van der Waals surface area contributed by atoms with E-state index in [0.717, 1.165) is 6.07 Å². The average molecular weight is 283 g/mol. The van der Waals surface area contributed by atoms with E-state index >= 15 is 0 Å². The molecule has 3 nitrogen and oxygen atoms in total. The first-order chi connectivity index (χ1) is 9.40. The third-order valence-electron chi connectivity index (χ3n) is 2.37. The van der Waals surface area contributed by atoms with Crippen molar-refractivity contribution >= 4 is 12.5 Å². The topological polar surface area (TPSA) is 49.7 Å². The van der Waals surface area contributed by atoms with Crippen molar-refractivity contribution in [1.82, 2.24) is 0 Å². The maximum Gasteiger partial charge on any atom is 0.419 e. The highest BCUT2D eigenvalue weighted by Gasteiger charge is 2.35. The maximum absolute atomic E-state index is 12.7. The summed E-state index contributed by atoms with van der Waals surface area (Å²) in [5.41, 5.74) is -1.40. The van der Waals surface area contributed by atoms with Crippen LogP contribution in [-0.2, 0) is 12.6 Å². The summed E-state index contributed by atoms with van der Waals surface area (Å²) in [6.45, 7) is 3.44. The smallest absolute Gasteiger partial charge is 0.419 e. The molecule has 0 aliphatic carbocycles. The predicted molar refractivity (Wildman–Crippen MR) is 70.0 cm³/mol. The standard InChI is InChI=1S/C14H12F3NO2/c1-2-3-5-18-6-4-10-7-11(9-19)13(20)12(8-10)14(15,16)17/h2-3,5-9,20H,1,4H2/b5-3-,18-6-. The fourth-order valence-electron chi connectivity index (χ4n) is 1.47. The van der Waals surface area contributed by atoms with Crippen LogP contribution in [0.5, 0.6) is 5.75 Å². The van der Waals surface area contributed by atoms with Crippen LogP contribution in [0.2, 0.25) is 0 Å². The summed E-state index contributed by atoms with van der Waals surface area (Å²) in [6.07, 6.45) is 1.45. The van der Waals surface area contributed by atoms with Gasteiger partial charge in [0.05, 0.1) is 11.1 Å². The molecule has 20 heavy (non-hydrogen) atoms. The molecule has 0 heterocycles. The van der Waals surface area contributed by atoms with Crippen molar-refractivity contribution in [2.45, 2.75) is 12.6 Å². The number of alkyl halides is 3. The van der Waals surface area contributed by atoms with Crippen LogP contribution in [0, 0.1) is 0 Å². The van der Waals surface area contributed by atoms with Crippen molar-refractivity contribution in [3.05, 3.63) is 53.8 Å². The Morgan fingerprint density at radius 3 is 2.60 bits per heavy atom. The van der Waals surface area contributed by atoms with E-state index in [-0.39, 0.29) is 18.3 Å². The first kappa shape index (κ1) is 15.7. The molecule has 106 valence electrons. The molecule has 0 saturated carbocycles. The number of phenolic OH excluding ortho intramolecular Hbond substituents is 1. The maximum atomic E-state index is 12.7. The van der Waals surface area contributed by atoms with Gasteiger partial charge in [-0.25, -0.2) is 0 Å². The van der Waals surface area contributed by atoms with Crippen LogP contribution >= 0.6 is 0 Å². The molecule has 0 radical (unpaired) electrons. The van der Waals surface area contributed by atoms with Gasteiger partial charge in [0.2, 0.25) is 0 Å². The molecule has 0 unspecified atom stereocenters. The van der Waals surface area contributed by atoms with E-state index in [1.165, 1.54) is 24.6 Å². The highest BCUT2D eigenvalue weighted by atomic mass is 19.4. The quantitative estimate of drug-likeness (QED) is 0.510. The molecule has 0 fully saturated rings. The second-order valence-electron chi connectivity index (χ2n) is 3.81. The average Bonchev–Trinajstić information content (AvgIpc) is 2.38. The van der Waals surface area contributed by atoms with E-state index < -0.39 is 23.1 Å². The van der Waals surface area contributed by atoms with Crippen LogP contribution in [-0.4, -0.2) is 17.6 Å². The van der Waals surface area contributed by atoms with Crippen molar-refractivity contribution in [1.29, 1.82) is 0 Å². The highest BCUT2D eigenvalue weighted by molar-refractivity contribution is 5.81. The van der Waals surface area contributed by atoms with E-state index in [0.29, 0.717) is 0 Å². The third-order valence-corrected chi connectivity index (χ3v) is 2.37. The summed E-state index contributed by atoms with van der Waals surface area (Å²) < 4.78 is 38.1. The highest BCUT2D eigenvalue weighted by Crippen LogP contribution is 2.37. The normalized spacial score (nSPS) is 12.2. The third kappa shape index (κ3) is 4.08. The Labute approximate surface area is 113 Å². The van der Waals surface area contributed by atoms with Gasteiger partial charge in [0.25, 0.3) is 0 Å². The number of phenols is 1. The summed E-state index contributed by atoms with van der Waals surface area (Å²) in [5.74, 6) is -1.06. The molecule has 1 aromatic rings.